The molecule has 1 aliphatic rings. The number of rotatable bonds is 1. The quantitative estimate of drug-likeness (QED) is 0.795. The molecule has 0 aliphatic carbocycles. The number of hydrogen-bond acceptors (Lipinski definition) is 3. The maximum absolute atomic E-state index is 6.14. The molecule has 0 saturated heterocycles. The molecule has 3 rings (SSSR count). The number of fused-ring (bicyclic) bond motifs is 1. The summed E-state index contributed by atoms with van der Waals surface area (Å²) >= 11 is 13.9. The molecule has 0 fully saturated rings. The second kappa shape index (κ2) is 5.45. The van der Waals surface area contributed by atoms with E-state index >= 15 is 0 Å². The molecule has 96 valence electrons. The van der Waals surface area contributed by atoms with Crippen molar-refractivity contribution in [1.29, 1.82) is 0 Å². The monoisotopic (exact) mass is 308 g/mol. The first-order valence-electron chi connectivity index (χ1n) is 5.75. The summed E-state index contributed by atoms with van der Waals surface area (Å²) in [5, 5.41) is 5.21. The van der Waals surface area contributed by atoms with Crippen LogP contribution in [0.5, 0.6) is 0 Å². The van der Waals surface area contributed by atoms with Crippen molar-refractivity contribution in [2.45, 2.75) is 11.4 Å². The molecule has 0 unspecified atom stereocenters. The van der Waals surface area contributed by atoms with Crippen molar-refractivity contribution in [2.75, 3.05) is 5.32 Å². The van der Waals surface area contributed by atoms with Crippen molar-refractivity contribution in [1.82, 2.24) is 0 Å². The number of hydrogen-bond donors (Lipinski definition) is 1. The molecule has 1 N–H and O–H groups in total. The lowest BCUT2D eigenvalue weighted by Crippen LogP contribution is -2.12. The summed E-state index contributed by atoms with van der Waals surface area (Å²) in [5.74, 6) is 0. The molecule has 2 aromatic carbocycles. The Bertz CT molecular complexity index is 635. The van der Waals surface area contributed by atoms with Gasteiger partial charge in [0, 0.05) is 4.90 Å². The molecule has 2 nitrogen and oxygen atoms in total. The molecule has 0 saturated carbocycles. The molecule has 1 aliphatic heterocycles. The molecular formula is C14H10Cl2N2S. The lowest BCUT2D eigenvalue weighted by molar-refractivity contribution is 1.02. The fourth-order valence-corrected chi connectivity index (χ4v) is 3.21. The first kappa shape index (κ1) is 12.9. The Morgan fingerprint density at radius 2 is 1.74 bits per heavy atom. The van der Waals surface area contributed by atoms with Gasteiger partial charge in [0.15, 0.2) is 5.17 Å². The fraction of sp³-hybridized carbons (Fsp3) is 0.0714. The Kier molecular flexibility index (Phi) is 3.69. The SMILES string of the molecule is Clc1cccc(Cl)c1NC1=NCc2ccccc2S1. The Labute approximate surface area is 125 Å². The third kappa shape index (κ3) is 2.73. The van der Waals surface area contributed by atoms with Crippen LogP contribution >= 0.6 is 35.0 Å². The highest BCUT2D eigenvalue weighted by Gasteiger charge is 2.15. The van der Waals surface area contributed by atoms with E-state index in [9.17, 15) is 0 Å². The molecule has 0 amide bonds. The third-order valence-electron chi connectivity index (χ3n) is 2.77. The number of para-hydroxylation sites is 1. The van der Waals surface area contributed by atoms with Gasteiger partial charge in [-0.25, -0.2) is 0 Å². The Morgan fingerprint density at radius 1 is 1.00 bits per heavy atom. The van der Waals surface area contributed by atoms with Crippen molar-refractivity contribution in [3.63, 3.8) is 0 Å². The van der Waals surface area contributed by atoms with Crippen LogP contribution in [-0.4, -0.2) is 5.17 Å². The summed E-state index contributed by atoms with van der Waals surface area (Å²) < 4.78 is 0. The van der Waals surface area contributed by atoms with E-state index in [4.69, 9.17) is 23.2 Å². The van der Waals surface area contributed by atoms with Crippen LogP contribution in [0.3, 0.4) is 0 Å². The first-order chi connectivity index (χ1) is 9.24. The summed E-state index contributed by atoms with van der Waals surface area (Å²) in [6.07, 6.45) is 0. The lowest BCUT2D eigenvalue weighted by atomic mass is 10.2. The average Bonchev–Trinajstić information content (AvgIpc) is 2.43. The zero-order chi connectivity index (χ0) is 13.2. The molecule has 2 aromatic rings. The van der Waals surface area contributed by atoms with Gasteiger partial charge < -0.3 is 5.32 Å². The van der Waals surface area contributed by atoms with Crippen LogP contribution in [-0.2, 0) is 6.54 Å². The summed E-state index contributed by atoms with van der Waals surface area (Å²) in [6.45, 7) is 0.674. The van der Waals surface area contributed by atoms with Gasteiger partial charge in [-0.3, -0.25) is 4.99 Å². The van der Waals surface area contributed by atoms with E-state index in [1.165, 1.54) is 10.5 Å². The highest BCUT2D eigenvalue weighted by Crippen LogP contribution is 2.34. The van der Waals surface area contributed by atoms with Crippen molar-refractivity contribution in [2.24, 2.45) is 4.99 Å². The Balaban J connectivity index is 1.85. The predicted octanol–water partition coefficient (Wildman–Crippen LogP) is 5.07. The topological polar surface area (TPSA) is 24.4 Å². The van der Waals surface area contributed by atoms with Crippen LogP contribution in [0.1, 0.15) is 5.56 Å². The Hall–Kier alpha value is -1.16. The van der Waals surface area contributed by atoms with Gasteiger partial charge >= 0.3 is 0 Å². The summed E-state index contributed by atoms with van der Waals surface area (Å²) in [6, 6.07) is 13.7. The van der Waals surface area contributed by atoms with Gasteiger partial charge in [0.05, 0.1) is 22.3 Å². The summed E-state index contributed by atoms with van der Waals surface area (Å²) in [7, 11) is 0. The first-order valence-corrected chi connectivity index (χ1v) is 7.32. The van der Waals surface area contributed by atoms with E-state index in [2.05, 4.69) is 22.4 Å². The number of nitrogens with one attached hydrogen (secondary N) is 1. The molecule has 0 bridgehead atoms. The third-order valence-corrected chi connectivity index (χ3v) is 4.44. The van der Waals surface area contributed by atoms with Crippen molar-refractivity contribution >= 4 is 45.8 Å². The predicted molar refractivity (Wildman–Crippen MR) is 83.5 cm³/mol. The highest BCUT2D eigenvalue weighted by atomic mass is 35.5. The summed E-state index contributed by atoms with van der Waals surface area (Å²) in [5.41, 5.74) is 1.94. The van der Waals surface area contributed by atoms with Crippen molar-refractivity contribution in [3.8, 4) is 0 Å². The number of amidine groups is 1. The van der Waals surface area contributed by atoms with Gasteiger partial charge in [0.1, 0.15) is 0 Å². The van der Waals surface area contributed by atoms with E-state index in [0.29, 0.717) is 22.3 Å². The van der Waals surface area contributed by atoms with Crippen LogP contribution in [0.4, 0.5) is 5.69 Å². The van der Waals surface area contributed by atoms with Crippen LogP contribution in [0.15, 0.2) is 52.4 Å². The zero-order valence-electron chi connectivity index (χ0n) is 9.86. The van der Waals surface area contributed by atoms with Gasteiger partial charge in [-0.2, -0.15) is 0 Å². The van der Waals surface area contributed by atoms with Crippen molar-refractivity contribution < 1.29 is 0 Å². The standard InChI is InChI=1S/C14H10Cl2N2S/c15-10-5-3-6-11(16)13(10)18-14-17-8-9-4-1-2-7-12(9)19-14/h1-7H,8H2,(H,17,18). The van der Waals surface area contributed by atoms with Crippen molar-refractivity contribution in [3.05, 3.63) is 58.1 Å². The number of halogens is 2. The van der Waals surface area contributed by atoms with Crippen LogP contribution < -0.4 is 5.32 Å². The van der Waals surface area contributed by atoms with Crippen LogP contribution in [0.25, 0.3) is 0 Å². The number of anilines is 1. The average molecular weight is 309 g/mol. The molecule has 5 heteroatoms. The van der Waals surface area contributed by atoms with E-state index < -0.39 is 0 Å². The maximum Gasteiger partial charge on any atom is 0.166 e. The number of benzene rings is 2. The molecule has 1 heterocycles. The van der Waals surface area contributed by atoms with E-state index in [0.717, 1.165) is 5.17 Å². The van der Waals surface area contributed by atoms with Crippen LogP contribution in [0, 0.1) is 0 Å². The fourth-order valence-electron chi connectivity index (χ4n) is 1.82. The van der Waals surface area contributed by atoms with E-state index in [1.54, 1.807) is 23.9 Å². The highest BCUT2D eigenvalue weighted by molar-refractivity contribution is 8.14. The van der Waals surface area contributed by atoms with Gasteiger partial charge in [-0.1, -0.05) is 59.2 Å². The molecule has 0 radical (unpaired) electrons. The van der Waals surface area contributed by atoms with Gasteiger partial charge in [0.2, 0.25) is 0 Å². The van der Waals surface area contributed by atoms with Crippen LogP contribution in [0.2, 0.25) is 10.0 Å². The van der Waals surface area contributed by atoms with Gasteiger partial charge in [0.25, 0.3) is 0 Å². The molecule has 0 aromatic heterocycles. The maximum atomic E-state index is 6.14. The minimum absolute atomic E-state index is 0.592. The van der Waals surface area contributed by atoms with Gasteiger partial charge in [-0.05, 0) is 23.8 Å². The second-order valence-corrected chi connectivity index (χ2v) is 5.90. The van der Waals surface area contributed by atoms with E-state index in [1.807, 2.05) is 18.2 Å². The number of nitrogens with zero attached hydrogens (tertiary/aromatic N) is 1. The normalized spacial score (nSPS) is 13.7. The molecule has 19 heavy (non-hydrogen) atoms. The smallest absolute Gasteiger partial charge is 0.166 e. The Morgan fingerprint density at radius 3 is 2.53 bits per heavy atom. The van der Waals surface area contributed by atoms with E-state index in [-0.39, 0.29) is 0 Å². The summed E-state index contributed by atoms with van der Waals surface area (Å²) in [4.78, 5) is 5.71. The number of aliphatic imine (C=N–C) groups is 1. The zero-order valence-corrected chi connectivity index (χ0v) is 12.2. The minimum Gasteiger partial charge on any atom is -0.332 e. The molecular weight excluding hydrogens is 299 g/mol. The van der Waals surface area contributed by atoms with Gasteiger partial charge in [-0.15, -0.1) is 0 Å². The largest absolute Gasteiger partial charge is 0.332 e. The molecule has 0 spiro atoms. The molecule has 0 atom stereocenters. The minimum atomic E-state index is 0.592. The number of thioether (sulfide) groups is 1. The second-order valence-electron chi connectivity index (χ2n) is 4.05. The lowest BCUT2D eigenvalue weighted by Gasteiger charge is -2.17.